The molecule has 1 aromatic rings. The first-order chi connectivity index (χ1) is 9.69. The fraction of sp³-hybridized carbons (Fsp3) is 0.667. The van der Waals surface area contributed by atoms with Gasteiger partial charge in [-0.25, -0.2) is 9.97 Å². The zero-order chi connectivity index (χ0) is 14.1. The largest absolute Gasteiger partial charge is 0.481 e. The number of amides is 1. The molecule has 0 N–H and O–H groups in total. The highest BCUT2D eigenvalue weighted by Gasteiger charge is 2.35. The van der Waals surface area contributed by atoms with E-state index in [4.69, 9.17) is 4.74 Å². The van der Waals surface area contributed by atoms with E-state index in [-0.39, 0.29) is 5.92 Å². The molecule has 0 aromatic carbocycles. The molecule has 5 nitrogen and oxygen atoms in total. The van der Waals surface area contributed by atoms with Crippen LogP contribution in [0.15, 0.2) is 6.33 Å². The van der Waals surface area contributed by atoms with Crippen LogP contribution in [0.1, 0.15) is 31.0 Å². The Labute approximate surface area is 119 Å². The lowest BCUT2D eigenvalue weighted by molar-refractivity contribution is -0.139. The Morgan fingerprint density at radius 3 is 2.75 bits per heavy atom. The molecule has 1 aliphatic carbocycles. The Bertz CT molecular complexity index is 512. The molecule has 1 amide bonds. The monoisotopic (exact) mass is 275 g/mol. The van der Waals surface area contributed by atoms with E-state index in [2.05, 4.69) is 16.9 Å². The summed E-state index contributed by atoms with van der Waals surface area (Å²) in [5.41, 5.74) is 2.08. The first kappa shape index (κ1) is 13.3. The van der Waals surface area contributed by atoms with E-state index in [0.29, 0.717) is 17.7 Å². The predicted octanol–water partition coefficient (Wildman–Crippen LogP) is 1.46. The van der Waals surface area contributed by atoms with Crippen LogP contribution in [0.3, 0.4) is 0 Å². The topological polar surface area (TPSA) is 55.3 Å². The van der Waals surface area contributed by atoms with E-state index in [1.165, 1.54) is 0 Å². The quantitative estimate of drug-likeness (QED) is 0.820. The average Bonchev–Trinajstić information content (AvgIpc) is 2.65. The van der Waals surface area contributed by atoms with Crippen LogP contribution in [0.25, 0.3) is 0 Å². The molecule has 2 heterocycles. The van der Waals surface area contributed by atoms with Crippen LogP contribution in [0, 0.1) is 11.8 Å². The van der Waals surface area contributed by atoms with Crippen LogP contribution in [0.4, 0.5) is 0 Å². The maximum absolute atomic E-state index is 12.4. The van der Waals surface area contributed by atoms with Crippen molar-refractivity contribution in [2.24, 2.45) is 11.8 Å². The molecule has 3 rings (SSSR count). The molecule has 0 saturated heterocycles. The number of ether oxygens (including phenoxy) is 1. The Morgan fingerprint density at radius 2 is 2.05 bits per heavy atom. The number of hydrogen-bond donors (Lipinski definition) is 0. The van der Waals surface area contributed by atoms with Crippen molar-refractivity contribution in [3.63, 3.8) is 0 Å². The van der Waals surface area contributed by atoms with Crippen molar-refractivity contribution in [1.82, 2.24) is 14.9 Å². The predicted molar refractivity (Wildman–Crippen MR) is 74.5 cm³/mol. The van der Waals surface area contributed by atoms with Gasteiger partial charge in [0.2, 0.25) is 11.8 Å². The van der Waals surface area contributed by atoms with Gasteiger partial charge in [-0.2, -0.15) is 0 Å². The molecule has 2 aliphatic rings. The van der Waals surface area contributed by atoms with E-state index in [1.807, 2.05) is 4.90 Å². The molecular weight excluding hydrogens is 254 g/mol. The average molecular weight is 275 g/mol. The van der Waals surface area contributed by atoms with Crippen LogP contribution in [0.5, 0.6) is 5.88 Å². The summed E-state index contributed by atoms with van der Waals surface area (Å²) in [5, 5.41) is 0. The molecule has 1 fully saturated rings. The van der Waals surface area contributed by atoms with Crippen LogP contribution in [0.2, 0.25) is 0 Å². The van der Waals surface area contributed by atoms with Crippen LogP contribution in [-0.4, -0.2) is 41.0 Å². The smallest absolute Gasteiger partial charge is 0.225 e. The number of hydrogen-bond acceptors (Lipinski definition) is 4. The van der Waals surface area contributed by atoms with Gasteiger partial charge in [0.25, 0.3) is 0 Å². The molecule has 1 aliphatic heterocycles. The van der Waals surface area contributed by atoms with Crippen molar-refractivity contribution in [2.45, 2.75) is 32.6 Å². The number of carbonyl (C=O) groups is 1. The van der Waals surface area contributed by atoms with Gasteiger partial charge in [-0.3, -0.25) is 4.79 Å². The van der Waals surface area contributed by atoms with Gasteiger partial charge < -0.3 is 9.64 Å². The molecule has 1 aromatic heterocycles. The third-order valence-corrected chi connectivity index (χ3v) is 4.47. The highest BCUT2D eigenvalue weighted by atomic mass is 16.5. The van der Waals surface area contributed by atoms with Gasteiger partial charge in [0.05, 0.1) is 12.8 Å². The number of fused-ring (bicyclic) bond motifs is 1. The third kappa shape index (κ3) is 2.37. The molecular formula is C15H21N3O2. The molecule has 20 heavy (non-hydrogen) atoms. The number of carbonyl (C=O) groups excluding carboxylic acids is 1. The highest BCUT2D eigenvalue weighted by molar-refractivity contribution is 5.79. The molecule has 108 valence electrons. The summed E-state index contributed by atoms with van der Waals surface area (Å²) < 4.78 is 5.30. The Balaban J connectivity index is 1.71. The first-order valence-corrected chi connectivity index (χ1v) is 7.34. The standard InChI is InChI=1S/C15H21N3O2/c1-10-7-11(8-10)15(19)18-5-3-12-13(4-6-18)16-9-17-14(12)20-2/h9-11H,3-8H2,1-2H3. The maximum atomic E-state index is 12.4. The molecule has 1 saturated carbocycles. The van der Waals surface area contributed by atoms with Gasteiger partial charge in [0.1, 0.15) is 6.33 Å². The summed E-state index contributed by atoms with van der Waals surface area (Å²) in [5.74, 6) is 1.93. The zero-order valence-electron chi connectivity index (χ0n) is 12.1. The van der Waals surface area contributed by atoms with E-state index in [0.717, 1.165) is 50.0 Å². The minimum atomic E-state index is 0.249. The van der Waals surface area contributed by atoms with Gasteiger partial charge >= 0.3 is 0 Å². The van der Waals surface area contributed by atoms with Crippen LogP contribution < -0.4 is 4.74 Å². The zero-order valence-corrected chi connectivity index (χ0v) is 12.1. The van der Waals surface area contributed by atoms with Gasteiger partial charge in [-0.05, 0) is 25.2 Å². The number of nitrogens with zero attached hydrogens (tertiary/aromatic N) is 3. The van der Waals surface area contributed by atoms with Gasteiger partial charge in [0.15, 0.2) is 0 Å². The van der Waals surface area contributed by atoms with Crippen molar-refractivity contribution in [2.75, 3.05) is 20.2 Å². The Morgan fingerprint density at radius 1 is 1.30 bits per heavy atom. The molecule has 5 heteroatoms. The number of methoxy groups -OCH3 is 1. The third-order valence-electron chi connectivity index (χ3n) is 4.47. The molecule has 0 unspecified atom stereocenters. The summed E-state index contributed by atoms with van der Waals surface area (Å²) in [6.45, 7) is 3.72. The molecule has 0 spiro atoms. The minimum Gasteiger partial charge on any atom is -0.481 e. The summed E-state index contributed by atoms with van der Waals surface area (Å²) in [6, 6.07) is 0. The lowest BCUT2D eigenvalue weighted by Crippen LogP contribution is -2.42. The lowest BCUT2D eigenvalue weighted by atomic mass is 9.75. The summed E-state index contributed by atoms with van der Waals surface area (Å²) in [4.78, 5) is 22.9. The normalized spacial score (nSPS) is 25.4. The van der Waals surface area contributed by atoms with E-state index in [1.54, 1.807) is 13.4 Å². The minimum absolute atomic E-state index is 0.249. The van der Waals surface area contributed by atoms with Crippen molar-refractivity contribution in [3.05, 3.63) is 17.6 Å². The van der Waals surface area contributed by atoms with Gasteiger partial charge in [0, 0.05) is 31.0 Å². The van der Waals surface area contributed by atoms with E-state index >= 15 is 0 Å². The number of rotatable bonds is 2. The summed E-state index contributed by atoms with van der Waals surface area (Å²) in [6.07, 6.45) is 5.22. The second-order valence-corrected chi connectivity index (χ2v) is 5.91. The SMILES string of the molecule is COc1ncnc2c1CCN(C(=O)C1CC(C)C1)CC2. The summed E-state index contributed by atoms with van der Waals surface area (Å²) >= 11 is 0. The van der Waals surface area contributed by atoms with Crippen LogP contribution >= 0.6 is 0 Å². The Kier molecular flexibility index (Phi) is 3.59. The molecule has 0 atom stereocenters. The van der Waals surface area contributed by atoms with Crippen molar-refractivity contribution in [3.8, 4) is 5.88 Å². The Hall–Kier alpha value is -1.65. The first-order valence-electron chi connectivity index (χ1n) is 7.34. The van der Waals surface area contributed by atoms with Crippen molar-refractivity contribution >= 4 is 5.91 Å². The van der Waals surface area contributed by atoms with E-state index in [9.17, 15) is 4.79 Å². The highest BCUT2D eigenvalue weighted by Crippen LogP contribution is 2.35. The van der Waals surface area contributed by atoms with Crippen molar-refractivity contribution < 1.29 is 9.53 Å². The number of aromatic nitrogens is 2. The lowest BCUT2D eigenvalue weighted by Gasteiger charge is -2.35. The van der Waals surface area contributed by atoms with E-state index < -0.39 is 0 Å². The van der Waals surface area contributed by atoms with Gasteiger partial charge in [-0.1, -0.05) is 6.92 Å². The molecule has 0 radical (unpaired) electrons. The fourth-order valence-electron chi connectivity index (χ4n) is 3.25. The fourth-order valence-corrected chi connectivity index (χ4v) is 3.25. The maximum Gasteiger partial charge on any atom is 0.225 e. The van der Waals surface area contributed by atoms with Gasteiger partial charge in [-0.15, -0.1) is 0 Å². The summed E-state index contributed by atoms with van der Waals surface area (Å²) in [7, 11) is 1.63. The van der Waals surface area contributed by atoms with Crippen molar-refractivity contribution in [1.29, 1.82) is 0 Å². The molecule has 0 bridgehead atoms. The second kappa shape index (κ2) is 5.38. The van der Waals surface area contributed by atoms with Crippen LogP contribution in [-0.2, 0) is 17.6 Å². The second-order valence-electron chi connectivity index (χ2n) is 5.91.